The van der Waals surface area contributed by atoms with Crippen LogP contribution in [0.4, 0.5) is 4.79 Å². The van der Waals surface area contributed by atoms with Crippen LogP contribution in [0.15, 0.2) is 24.3 Å². The van der Waals surface area contributed by atoms with Crippen LogP contribution in [0.3, 0.4) is 0 Å². The fourth-order valence-corrected chi connectivity index (χ4v) is 2.66. The molecule has 0 radical (unpaired) electrons. The lowest BCUT2D eigenvalue weighted by molar-refractivity contribution is -0.122. The molecule has 0 saturated carbocycles. The summed E-state index contributed by atoms with van der Waals surface area (Å²) < 4.78 is 10.8. The standard InChI is InChI=1S/C21H34N4O5/c1-21(2,3)30-20(28)24-11-5-4-6-16-7-9-17(10-8-16)29-13-12-25(14-18(22)26)15-19(23)27/h7-10H,4-6,11-15H2,1-3H3,(H2,22,26)(H2,23,27)(H,24,28). The van der Waals surface area contributed by atoms with E-state index in [1.807, 2.05) is 45.0 Å². The molecule has 1 aromatic rings. The molecule has 5 N–H and O–H groups in total. The second-order valence-electron chi connectivity index (χ2n) is 8.02. The first-order valence-electron chi connectivity index (χ1n) is 10.0. The Bertz CT molecular complexity index is 670. The number of hydrogen-bond acceptors (Lipinski definition) is 6. The summed E-state index contributed by atoms with van der Waals surface area (Å²) in [6.07, 6.45) is 2.29. The summed E-state index contributed by atoms with van der Waals surface area (Å²) in [5.74, 6) is -0.354. The highest BCUT2D eigenvalue weighted by molar-refractivity contribution is 5.79. The Labute approximate surface area is 178 Å². The van der Waals surface area contributed by atoms with Gasteiger partial charge in [0.2, 0.25) is 11.8 Å². The van der Waals surface area contributed by atoms with E-state index in [4.69, 9.17) is 20.9 Å². The molecule has 0 aliphatic rings. The highest BCUT2D eigenvalue weighted by atomic mass is 16.6. The Balaban J connectivity index is 2.27. The quantitative estimate of drug-likeness (QED) is 0.408. The molecule has 0 fully saturated rings. The molecule has 0 atom stereocenters. The Hall–Kier alpha value is -2.81. The number of carbonyl (C=O) groups excluding carboxylic acids is 3. The summed E-state index contributed by atoms with van der Waals surface area (Å²) in [6.45, 7) is 6.63. The number of nitrogens with one attached hydrogen (secondary N) is 1. The van der Waals surface area contributed by atoms with Crippen LogP contribution in [0.25, 0.3) is 0 Å². The van der Waals surface area contributed by atoms with E-state index in [0.717, 1.165) is 19.3 Å². The van der Waals surface area contributed by atoms with E-state index in [1.54, 1.807) is 4.90 Å². The highest BCUT2D eigenvalue weighted by Gasteiger charge is 2.15. The highest BCUT2D eigenvalue weighted by Crippen LogP contribution is 2.14. The SMILES string of the molecule is CC(C)(C)OC(=O)NCCCCc1ccc(OCCN(CC(N)=O)CC(N)=O)cc1. The van der Waals surface area contributed by atoms with Crippen molar-refractivity contribution < 1.29 is 23.9 Å². The van der Waals surface area contributed by atoms with E-state index in [2.05, 4.69) is 5.32 Å². The zero-order valence-corrected chi connectivity index (χ0v) is 18.1. The maximum absolute atomic E-state index is 11.6. The monoisotopic (exact) mass is 422 g/mol. The molecule has 30 heavy (non-hydrogen) atoms. The van der Waals surface area contributed by atoms with Gasteiger partial charge in [0, 0.05) is 13.1 Å². The zero-order valence-electron chi connectivity index (χ0n) is 18.1. The molecular formula is C21H34N4O5. The smallest absolute Gasteiger partial charge is 0.407 e. The average Bonchev–Trinajstić information content (AvgIpc) is 2.60. The first kappa shape index (κ1) is 25.2. The van der Waals surface area contributed by atoms with Gasteiger partial charge in [0.1, 0.15) is 18.0 Å². The third-order valence-corrected chi connectivity index (χ3v) is 3.92. The Morgan fingerprint density at radius 3 is 2.13 bits per heavy atom. The molecule has 0 aromatic heterocycles. The molecule has 0 heterocycles. The number of unbranched alkanes of at least 4 members (excludes halogenated alkanes) is 1. The van der Waals surface area contributed by atoms with E-state index in [9.17, 15) is 14.4 Å². The number of alkyl carbamates (subject to hydrolysis) is 1. The third-order valence-electron chi connectivity index (χ3n) is 3.92. The van der Waals surface area contributed by atoms with Crippen LogP contribution in [0.2, 0.25) is 0 Å². The van der Waals surface area contributed by atoms with Gasteiger partial charge in [-0.3, -0.25) is 14.5 Å². The van der Waals surface area contributed by atoms with Crippen molar-refractivity contribution in [3.8, 4) is 5.75 Å². The van der Waals surface area contributed by atoms with Crippen molar-refractivity contribution in [1.82, 2.24) is 10.2 Å². The van der Waals surface area contributed by atoms with Gasteiger partial charge in [-0.25, -0.2) is 4.79 Å². The number of aryl methyl sites for hydroxylation is 1. The van der Waals surface area contributed by atoms with Gasteiger partial charge in [-0.15, -0.1) is 0 Å². The molecule has 0 unspecified atom stereocenters. The maximum atomic E-state index is 11.6. The Morgan fingerprint density at radius 2 is 1.60 bits per heavy atom. The third kappa shape index (κ3) is 12.6. The fraction of sp³-hybridized carbons (Fsp3) is 0.571. The second kappa shape index (κ2) is 12.7. The van der Waals surface area contributed by atoms with Crippen molar-refractivity contribution >= 4 is 17.9 Å². The topological polar surface area (TPSA) is 137 Å². The molecule has 0 saturated heterocycles. The summed E-state index contributed by atoms with van der Waals surface area (Å²) in [6, 6.07) is 7.73. The predicted molar refractivity (Wildman–Crippen MR) is 114 cm³/mol. The van der Waals surface area contributed by atoms with Crippen molar-refractivity contribution in [2.24, 2.45) is 11.5 Å². The first-order chi connectivity index (χ1) is 14.0. The normalized spacial score (nSPS) is 11.2. The first-order valence-corrected chi connectivity index (χ1v) is 10.0. The molecule has 9 heteroatoms. The average molecular weight is 423 g/mol. The number of amides is 3. The number of rotatable bonds is 13. The second-order valence-corrected chi connectivity index (χ2v) is 8.02. The summed E-state index contributed by atoms with van der Waals surface area (Å²) in [7, 11) is 0. The number of nitrogens with two attached hydrogens (primary N) is 2. The molecule has 0 aliphatic heterocycles. The van der Waals surface area contributed by atoms with Crippen molar-refractivity contribution in [3.63, 3.8) is 0 Å². The molecule has 1 aromatic carbocycles. The van der Waals surface area contributed by atoms with Crippen molar-refractivity contribution in [1.29, 1.82) is 0 Å². The lowest BCUT2D eigenvalue weighted by Crippen LogP contribution is -2.41. The Kier molecular flexibility index (Phi) is 10.7. The number of carbonyl (C=O) groups is 3. The van der Waals surface area contributed by atoms with Crippen LogP contribution in [0.5, 0.6) is 5.75 Å². The van der Waals surface area contributed by atoms with Gasteiger partial charge in [0.25, 0.3) is 0 Å². The van der Waals surface area contributed by atoms with E-state index in [-0.39, 0.29) is 13.1 Å². The molecular weight excluding hydrogens is 388 g/mol. The largest absolute Gasteiger partial charge is 0.492 e. The summed E-state index contributed by atoms with van der Waals surface area (Å²) >= 11 is 0. The number of hydrogen-bond donors (Lipinski definition) is 3. The lowest BCUT2D eigenvalue weighted by atomic mass is 10.1. The Morgan fingerprint density at radius 1 is 1.00 bits per heavy atom. The minimum absolute atomic E-state index is 0.0476. The maximum Gasteiger partial charge on any atom is 0.407 e. The van der Waals surface area contributed by atoms with Gasteiger partial charge in [-0.05, 0) is 57.7 Å². The predicted octanol–water partition coefficient (Wildman–Crippen LogP) is 1.19. The van der Waals surface area contributed by atoms with Crippen molar-refractivity contribution in [2.75, 3.05) is 32.8 Å². The zero-order chi connectivity index (χ0) is 22.6. The van der Waals surface area contributed by atoms with Crippen LogP contribution >= 0.6 is 0 Å². The van der Waals surface area contributed by atoms with Crippen molar-refractivity contribution in [3.05, 3.63) is 29.8 Å². The van der Waals surface area contributed by atoms with Gasteiger partial charge in [-0.2, -0.15) is 0 Å². The molecule has 0 spiro atoms. The van der Waals surface area contributed by atoms with Crippen LogP contribution in [0, 0.1) is 0 Å². The van der Waals surface area contributed by atoms with E-state index < -0.39 is 23.5 Å². The number of nitrogens with zero attached hydrogens (tertiary/aromatic N) is 1. The van der Waals surface area contributed by atoms with Crippen LogP contribution in [-0.2, 0) is 20.7 Å². The summed E-state index contributed by atoms with van der Waals surface area (Å²) in [4.78, 5) is 35.2. The van der Waals surface area contributed by atoms with Crippen LogP contribution in [0.1, 0.15) is 39.2 Å². The number of ether oxygens (including phenoxy) is 2. The van der Waals surface area contributed by atoms with E-state index in [0.29, 0.717) is 25.4 Å². The fourth-order valence-electron chi connectivity index (χ4n) is 2.66. The van der Waals surface area contributed by atoms with Gasteiger partial charge in [-0.1, -0.05) is 12.1 Å². The minimum atomic E-state index is -0.526. The summed E-state index contributed by atoms with van der Waals surface area (Å²) in [5.41, 5.74) is 11.0. The molecule has 0 aliphatic carbocycles. The molecule has 3 amide bonds. The molecule has 0 bridgehead atoms. The molecule has 168 valence electrons. The van der Waals surface area contributed by atoms with Crippen LogP contribution < -0.4 is 21.5 Å². The number of primary amides is 2. The van der Waals surface area contributed by atoms with Crippen molar-refractivity contribution in [2.45, 2.75) is 45.6 Å². The van der Waals surface area contributed by atoms with Crippen LogP contribution in [-0.4, -0.2) is 61.2 Å². The van der Waals surface area contributed by atoms with Gasteiger partial charge in [0.15, 0.2) is 0 Å². The molecule has 1 rings (SSSR count). The van der Waals surface area contributed by atoms with Gasteiger partial charge >= 0.3 is 6.09 Å². The summed E-state index contributed by atoms with van der Waals surface area (Å²) in [5, 5.41) is 2.75. The minimum Gasteiger partial charge on any atom is -0.492 e. The number of benzene rings is 1. The lowest BCUT2D eigenvalue weighted by Gasteiger charge is -2.19. The van der Waals surface area contributed by atoms with Gasteiger partial charge in [0.05, 0.1) is 13.1 Å². The van der Waals surface area contributed by atoms with E-state index >= 15 is 0 Å². The van der Waals surface area contributed by atoms with E-state index in [1.165, 1.54) is 5.56 Å². The molecule has 9 nitrogen and oxygen atoms in total. The van der Waals surface area contributed by atoms with Gasteiger partial charge < -0.3 is 26.3 Å².